The number of nitrogens with two attached hydrogens (primary N) is 2. The first-order chi connectivity index (χ1) is 18.4. The number of hydrogen-bond acceptors (Lipinski definition) is 8. The number of thiol groups is 1. The van der Waals surface area contributed by atoms with E-state index in [1.54, 1.807) is 6.20 Å². The highest BCUT2D eigenvalue weighted by Gasteiger charge is 2.30. The number of primary amides is 1. The minimum Gasteiger partial charge on any atom is -0.481 e. The van der Waals surface area contributed by atoms with Crippen molar-refractivity contribution in [1.82, 2.24) is 20.9 Å². The molecule has 10 N–H and O–H groups in total. The quantitative estimate of drug-likeness (QED) is 0.109. The van der Waals surface area contributed by atoms with Crippen molar-refractivity contribution in [3.05, 3.63) is 36.0 Å². The van der Waals surface area contributed by atoms with Crippen LogP contribution in [0.2, 0.25) is 0 Å². The molecule has 0 radical (unpaired) electrons. The predicted octanol–water partition coefficient (Wildman–Crippen LogP) is -1.36. The fraction of sp³-hybridized carbons (Fsp3) is 0.417. The Labute approximate surface area is 228 Å². The van der Waals surface area contributed by atoms with Gasteiger partial charge >= 0.3 is 11.9 Å². The number of aromatic nitrogens is 1. The van der Waals surface area contributed by atoms with E-state index < -0.39 is 66.2 Å². The summed E-state index contributed by atoms with van der Waals surface area (Å²) in [4.78, 5) is 75.4. The van der Waals surface area contributed by atoms with Crippen molar-refractivity contribution in [2.24, 2.45) is 11.5 Å². The second kappa shape index (κ2) is 14.7. The van der Waals surface area contributed by atoms with Gasteiger partial charge in [-0.3, -0.25) is 24.0 Å². The van der Waals surface area contributed by atoms with Crippen LogP contribution in [0.1, 0.15) is 31.2 Å². The van der Waals surface area contributed by atoms with Gasteiger partial charge in [-0.2, -0.15) is 12.6 Å². The lowest BCUT2D eigenvalue weighted by Crippen LogP contribution is -2.57. The van der Waals surface area contributed by atoms with Crippen LogP contribution in [0.4, 0.5) is 0 Å². The van der Waals surface area contributed by atoms with Gasteiger partial charge in [-0.15, -0.1) is 0 Å². The van der Waals surface area contributed by atoms with Crippen LogP contribution in [-0.4, -0.2) is 80.7 Å². The van der Waals surface area contributed by atoms with Gasteiger partial charge in [0.2, 0.25) is 23.6 Å². The van der Waals surface area contributed by atoms with Crippen molar-refractivity contribution in [2.45, 2.75) is 56.3 Å². The van der Waals surface area contributed by atoms with Gasteiger partial charge in [0.15, 0.2) is 0 Å². The average Bonchev–Trinajstić information content (AvgIpc) is 3.29. The Morgan fingerprint density at radius 1 is 0.872 bits per heavy atom. The van der Waals surface area contributed by atoms with E-state index in [9.17, 15) is 28.8 Å². The van der Waals surface area contributed by atoms with Crippen molar-refractivity contribution < 1.29 is 39.0 Å². The van der Waals surface area contributed by atoms with E-state index in [0.717, 1.165) is 16.5 Å². The van der Waals surface area contributed by atoms with E-state index >= 15 is 0 Å². The molecule has 15 heteroatoms. The molecule has 0 aliphatic rings. The molecular weight excluding hydrogens is 532 g/mol. The van der Waals surface area contributed by atoms with Crippen molar-refractivity contribution in [1.29, 1.82) is 0 Å². The second-order valence-electron chi connectivity index (χ2n) is 8.81. The number of rotatable bonds is 16. The molecule has 0 bridgehead atoms. The number of H-pyrrole nitrogens is 1. The van der Waals surface area contributed by atoms with Crippen LogP contribution in [0.25, 0.3) is 10.9 Å². The Morgan fingerprint density at radius 2 is 1.44 bits per heavy atom. The lowest BCUT2D eigenvalue weighted by molar-refractivity contribution is -0.142. The fourth-order valence-electron chi connectivity index (χ4n) is 3.73. The SMILES string of the molecule is NC(=O)CCC(NC(=O)C(N)Cc1c[nH]c2ccccc12)C(=O)NC(CCC(=O)O)C(=O)NC(CS)C(=O)O. The standard InChI is InChI=1S/C24H32N6O8S/c25-14(9-12-10-27-15-4-2-1-3-13(12)15)21(34)28-16(5-7-19(26)31)22(35)29-17(6-8-20(32)33)23(36)30-18(11-39)24(37)38/h1-4,10,14,16-18,27,39H,5-9,11,25H2,(H2,26,31)(H,28,34)(H,29,35)(H,30,36)(H,32,33)(H,37,38). The smallest absolute Gasteiger partial charge is 0.327 e. The number of aliphatic carboxylic acids is 2. The largest absolute Gasteiger partial charge is 0.481 e. The molecule has 212 valence electrons. The maximum absolute atomic E-state index is 13.1. The molecule has 0 spiro atoms. The van der Waals surface area contributed by atoms with Gasteiger partial charge in [0.05, 0.1) is 6.04 Å². The number of benzene rings is 1. The maximum Gasteiger partial charge on any atom is 0.327 e. The molecule has 4 atom stereocenters. The first kappa shape index (κ1) is 31.1. The predicted molar refractivity (Wildman–Crippen MR) is 143 cm³/mol. The summed E-state index contributed by atoms with van der Waals surface area (Å²) >= 11 is 3.86. The highest BCUT2D eigenvalue weighted by Crippen LogP contribution is 2.19. The highest BCUT2D eigenvalue weighted by atomic mass is 32.1. The van der Waals surface area contributed by atoms with E-state index in [-0.39, 0.29) is 31.4 Å². The van der Waals surface area contributed by atoms with Gasteiger partial charge in [0, 0.05) is 35.7 Å². The van der Waals surface area contributed by atoms with Crippen LogP contribution in [0.5, 0.6) is 0 Å². The van der Waals surface area contributed by atoms with Gasteiger partial charge in [-0.1, -0.05) is 18.2 Å². The van der Waals surface area contributed by atoms with Crippen molar-refractivity contribution >= 4 is 59.1 Å². The first-order valence-electron chi connectivity index (χ1n) is 12.0. The molecule has 2 rings (SSSR count). The molecular formula is C24H32N6O8S. The molecule has 39 heavy (non-hydrogen) atoms. The number of carboxylic acid groups (broad SMARTS) is 2. The van der Waals surface area contributed by atoms with Gasteiger partial charge in [0.25, 0.3) is 0 Å². The normalized spacial score (nSPS) is 14.0. The highest BCUT2D eigenvalue weighted by molar-refractivity contribution is 7.80. The van der Waals surface area contributed by atoms with E-state index in [0.29, 0.717) is 0 Å². The van der Waals surface area contributed by atoms with Crippen LogP contribution in [0.15, 0.2) is 30.5 Å². The monoisotopic (exact) mass is 564 g/mol. The van der Waals surface area contributed by atoms with Crippen molar-refractivity contribution in [3.8, 4) is 0 Å². The molecule has 14 nitrogen and oxygen atoms in total. The zero-order chi connectivity index (χ0) is 29.1. The molecule has 0 fully saturated rings. The Hall–Kier alpha value is -4.11. The average molecular weight is 565 g/mol. The van der Waals surface area contributed by atoms with E-state index in [1.807, 2.05) is 24.3 Å². The Bertz CT molecular complexity index is 1220. The maximum atomic E-state index is 13.1. The third kappa shape index (κ3) is 9.61. The summed E-state index contributed by atoms with van der Waals surface area (Å²) in [6.07, 6.45) is 0.435. The van der Waals surface area contributed by atoms with Gasteiger partial charge < -0.3 is 42.6 Å². The van der Waals surface area contributed by atoms with Gasteiger partial charge in [-0.05, 0) is 30.9 Å². The minimum absolute atomic E-state index is 0.129. The molecule has 0 saturated heterocycles. The molecule has 0 aliphatic carbocycles. The van der Waals surface area contributed by atoms with Gasteiger partial charge in [0.1, 0.15) is 18.1 Å². The summed E-state index contributed by atoms with van der Waals surface area (Å²) in [7, 11) is 0. The zero-order valence-corrected chi connectivity index (χ0v) is 21.8. The third-order valence-electron chi connectivity index (χ3n) is 5.84. The summed E-state index contributed by atoms with van der Waals surface area (Å²) in [6, 6.07) is 2.13. The summed E-state index contributed by atoms with van der Waals surface area (Å²) in [6.45, 7) is 0. The molecule has 1 aromatic heterocycles. The van der Waals surface area contributed by atoms with Gasteiger partial charge in [-0.25, -0.2) is 4.79 Å². The number of nitrogens with one attached hydrogen (secondary N) is 4. The summed E-state index contributed by atoms with van der Waals surface area (Å²) in [5, 5.41) is 26.0. The molecule has 0 saturated carbocycles. The summed E-state index contributed by atoms with van der Waals surface area (Å²) in [5.41, 5.74) is 12.9. The first-order valence-corrected chi connectivity index (χ1v) is 12.6. The van der Waals surface area contributed by atoms with Crippen LogP contribution >= 0.6 is 12.6 Å². The molecule has 2 aromatic rings. The third-order valence-corrected chi connectivity index (χ3v) is 6.21. The number of aromatic amines is 1. The lowest BCUT2D eigenvalue weighted by atomic mass is 10.0. The van der Waals surface area contributed by atoms with E-state index in [2.05, 4.69) is 33.6 Å². The summed E-state index contributed by atoms with van der Waals surface area (Å²) < 4.78 is 0. The van der Waals surface area contributed by atoms with Crippen LogP contribution in [0.3, 0.4) is 0 Å². The molecule has 0 aliphatic heterocycles. The van der Waals surface area contributed by atoms with Crippen molar-refractivity contribution in [3.63, 3.8) is 0 Å². The number of fused-ring (bicyclic) bond motifs is 1. The number of carboxylic acids is 2. The zero-order valence-electron chi connectivity index (χ0n) is 20.9. The number of carbonyl (C=O) groups excluding carboxylic acids is 4. The Morgan fingerprint density at radius 3 is 2.00 bits per heavy atom. The van der Waals surface area contributed by atoms with Crippen LogP contribution in [-0.2, 0) is 35.2 Å². The number of amides is 4. The van der Waals surface area contributed by atoms with Crippen molar-refractivity contribution in [2.75, 3.05) is 5.75 Å². The minimum atomic E-state index is -1.46. The molecule has 1 heterocycles. The molecule has 1 aromatic carbocycles. The Balaban J connectivity index is 2.15. The summed E-state index contributed by atoms with van der Waals surface area (Å²) in [5.74, 6) is -6.22. The van der Waals surface area contributed by atoms with Crippen LogP contribution in [0, 0.1) is 0 Å². The fourth-order valence-corrected chi connectivity index (χ4v) is 3.98. The molecule has 4 amide bonds. The Kier molecular flexibility index (Phi) is 11.7. The molecule has 4 unspecified atom stereocenters. The van der Waals surface area contributed by atoms with E-state index in [1.165, 1.54) is 0 Å². The number of hydrogen-bond donors (Lipinski definition) is 9. The lowest BCUT2D eigenvalue weighted by Gasteiger charge is -2.24. The van der Waals surface area contributed by atoms with Crippen LogP contribution < -0.4 is 27.4 Å². The number of para-hydroxylation sites is 1. The second-order valence-corrected chi connectivity index (χ2v) is 9.18. The topological polar surface area (TPSA) is 247 Å². The number of carbonyl (C=O) groups is 6. The van der Waals surface area contributed by atoms with E-state index in [4.69, 9.17) is 21.7 Å².